The summed E-state index contributed by atoms with van der Waals surface area (Å²) in [6.45, 7) is 9.82. The van der Waals surface area contributed by atoms with Gasteiger partial charge in [-0.25, -0.2) is 8.91 Å². The number of likely N-dealkylation sites (tertiary alicyclic amines) is 2. The minimum absolute atomic E-state index is 0.0123. The molecule has 2 aliphatic heterocycles. The van der Waals surface area contributed by atoms with E-state index in [1.165, 1.54) is 12.8 Å². The van der Waals surface area contributed by atoms with Crippen LogP contribution in [-0.2, 0) is 11.3 Å². The molecule has 1 saturated carbocycles. The predicted octanol–water partition coefficient (Wildman–Crippen LogP) is 6.13. The molecule has 3 fully saturated rings. The molecule has 9 heteroatoms. The Balaban J connectivity index is 1.25. The molecule has 2 N–H and O–H groups in total. The molecule has 1 atom stereocenters. The van der Waals surface area contributed by atoms with E-state index in [1.54, 1.807) is 12.1 Å². The molecule has 0 radical (unpaired) electrons. The highest BCUT2D eigenvalue weighted by atomic mass is 19.1. The van der Waals surface area contributed by atoms with Gasteiger partial charge in [0.1, 0.15) is 11.5 Å². The molecule has 0 unspecified atom stereocenters. The van der Waals surface area contributed by atoms with E-state index in [1.807, 2.05) is 32.6 Å². The Kier molecular flexibility index (Phi) is 7.92. The fourth-order valence-electron chi connectivity index (χ4n) is 7.50. The summed E-state index contributed by atoms with van der Waals surface area (Å²) in [6.07, 6.45) is 8.33. The number of halogens is 1. The molecule has 0 bridgehead atoms. The minimum Gasteiger partial charge on any atom is -0.343 e. The van der Waals surface area contributed by atoms with Crippen molar-refractivity contribution in [2.45, 2.75) is 84.2 Å². The molecule has 2 saturated heterocycles. The number of fused-ring (bicyclic) bond motifs is 2. The van der Waals surface area contributed by atoms with Gasteiger partial charge in [0.15, 0.2) is 0 Å². The average molecular weight is 613 g/mol. The summed E-state index contributed by atoms with van der Waals surface area (Å²) in [4.78, 5) is 29.9. The molecule has 8 nitrogen and oxygen atoms in total. The predicted molar refractivity (Wildman–Crippen MR) is 175 cm³/mol. The van der Waals surface area contributed by atoms with Gasteiger partial charge in [-0.15, -0.1) is 0 Å². The zero-order chi connectivity index (χ0) is 31.4. The lowest BCUT2D eigenvalue weighted by Gasteiger charge is -2.33. The lowest BCUT2D eigenvalue weighted by atomic mass is 9.87. The van der Waals surface area contributed by atoms with Crippen LogP contribution in [0.3, 0.4) is 0 Å². The molecule has 1 aliphatic carbocycles. The normalized spacial score (nSPS) is 19.7. The quantitative estimate of drug-likeness (QED) is 0.272. The number of benzene rings is 1. The van der Waals surface area contributed by atoms with Gasteiger partial charge in [-0.1, -0.05) is 13.8 Å². The van der Waals surface area contributed by atoms with Gasteiger partial charge < -0.3 is 20.1 Å². The number of aromatic nitrogens is 3. The fourth-order valence-corrected chi connectivity index (χ4v) is 7.50. The highest BCUT2D eigenvalue weighted by molar-refractivity contribution is 5.95. The van der Waals surface area contributed by atoms with Gasteiger partial charge in [-0.3, -0.25) is 9.59 Å². The number of hydrogen-bond acceptors (Lipinski definition) is 4. The van der Waals surface area contributed by atoms with Crippen LogP contribution in [0.1, 0.15) is 86.2 Å². The van der Waals surface area contributed by atoms with Crippen LogP contribution in [0.5, 0.6) is 0 Å². The van der Waals surface area contributed by atoms with Crippen molar-refractivity contribution in [2.24, 2.45) is 17.6 Å². The maximum Gasteiger partial charge on any atom is 0.255 e. The summed E-state index contributed by atoms with van der Waals surface area (Å²) in [5.41, 5.74) is 12.7. The lowest BCUT2D eigenvalue weighted by Crippen LogP contribution is -2.45. The van der Waals surface area contributed by atoms with Gasteiger partial charge in [-0.2, -0.15) is 5.10 Å². The van der Waals surface area contributed by atoms with E-state index < -0.39 is 0 Å². The number of pyridine rings is 1. The molecule has 4 aromatic rings. The molecule has 3 aromatic heterocycles. The molecule has 2 amide bonds. The van der Waals surface area contributed by atoms with Gasteiger partial charge in [0.25, 0.3) is 5.91 Å². The van der Waals surface area contributed by atoms with Gasteiger partial charge >= 0.3 is 0 Å². The van der Waals surface area contributed by atoms with Crippen LogP contribution in [0.2, 0.25) is 0 Å². The largest absolute Gasteiger partial charge is 0.343 e. The van der Waals surface area contributed by atoms with E-state index in [-0.39, 0.29) is 29.6 Å². The van der Waals surface area contributed by atoms with E-state index in [9.17, 15) is 9.59 Å². The molecule has 238 valence electrons. The number of piperidine rings is 2. The summed E-state index contributed by atoms with van der Waals surface area (Å²) in [6, 6.07) is 9.37. The number of nitrogens with two attached hydrogens (primary N) is 1. The van der Waals surface area contributed by atoms with Gasteiger partial charge in [0.05, 0.1) is 22.3 Å². The molecule has 0 spiro atoms. The number of carbonyl (C=O) groups is 2. The molecular weight excluding hydrogens is 567 g/mol. The number of nitrogens with zero attached hydrogens (tertiary/aromatic N) is 5. The third-order valence-electron chi connectivity index (χ3n) is 10.1. The molecule has 5 heterocycles. The number of hydrogen-bond donors (Lipinski definition) is 1. The molecule has 1 aromatic carbocycles. The smallest absolute Gasteiger partial charge is 0.255 e. The van der Waals surface area contributed by atoms with Gasteiger partial charge in [0.2, 0.25) is 5.91 Å². The summed E-state index contributed by atoms with van der Waals surface area (Å²) in [5.74, 6) is 1.11. The summed E-state index contributed by atoms with van der Waals surface area (Å²) in [5, 5.41) is 5.95. The summed E-state index contributed by atoms with van der Waals surface area (Å²) >= 11 is 0. The maximum absolute atomic E-state index is 15.2. The first-order valence-corrected chi connectivity index (χ1v) is 16.8. The third-order valence-corrected chi connectivity index (χ3v) is 10.1. The van der Waals surface area contributed by atoms with Crippen molar-refractivity contribution >= 4 is 28.2 Å². The number of carbonyl (C=O) groups excluding carboxylic acids is 2. The maximum atomic E-state index is 15.2. The standard InChI is InChI=1S/C36H45FN6O2/c1-22(2)15-33(44)40-13-10-25(11-14-40)30-18-28(37)16-27-17-32(42(35(27)30)19-24-6-7-24)34-23(3)31-9-8-26(20-43(31)39-34)36(45)41-12-4-5-29(38)21-41/h8-9,16-18,20,22,24-25,29H,4-7,10-15,19,21,38H2,1-3H3/t29-/m1/s1. The lowest BCUT2D eigenvalue weighted by molar-refractivity contribution is -0.133. The van der Waals surface area contributed by atoms with Gasteiger partial charge in [-0.05, 0) is 99.1 Å². The van der Waals surface area contributed by atoms with E-state index in [0.717, 1.165) is 77.7 Å². The Morgan fingerprint density at radius 3 is 2.51 bits per heavy atom. The molecule has 7 rings (SSSR count). The van der Waals surface area contributed by atoms with Crippen LogP contribution in [0, 0.1) is 24.6 Å². The zero-order valence-corrected chi connectivity index (χ0v) is 26.8. The van der Waals surface area contributed by atoms with Crippen LogP contribution in [0.4, 0.5) is 4.39 Å². The van der Waals surface area contributed by atoms with Crippen molar-refractivity contribution in [1.29, 1.82) is 0 Å². The second-order valence-electron chi connectivity index (χ2n) is 14.1. The first kappa shape index (κ1) is 30.0. The topological polar surface area (TPSA) is 88.9 Å². The zero-order valence-electron chi connectivity index (χ0n) is 26.8. The number of amides is 2. The Morgan fingerprint density at radius 2 is 1.80 bits per heavy atom. The van der Waals surface area contributed by atoms with Crippen LogP contribution in [-0.4, -0.2) is 68.0 Å². The van der Waals surface area contributed by atoms with E-state index in [0.29, 0.717) is 43.5 Å². The summed E-state index contributed by atoms with van der Waals surface area (Å²) in [7, 11) is 0. The second-order valence-corrected chi connectivity index (χ2v) is 14.1. The van der Waals surface area contributed by atoms with Crippen molar-refractivity contribution in [3.8, 4) is 11.4 Å². The Morgan fingerprint density at radius 1 is 1.02 bits per heavy atom. The van der Waals surface area contributed by atoms with E-state index in [4.69, 9.17) is 10.8 Å². The highest BCUT2D eigenvalue weighted by Crippen LogP contribution is 2.41. The third kappa shape index (κ3) is 5.87. The highest BCUT2D eigenvalue weighted by Gasteiger charge is 2.31. The van der Waals surface area contributed by atoms with Crippen molar-refractivity contribution in [3.63, 3.8) is 0 Å². The Bertz CT molecular complexity index is 1760. The Labute approximate surface area is 264 Å². The van der Waals surface area contributed by atoms with Crippen LogP contribution in [0.25, 0.3) is 27.8 Å². The first-order chi connectivity index (χ1) is 21.7. The van der Waals surface area contributed by atoms with E-state index >= 15 is 4.39 Å². The average Bonchev–Trinajstić information content (AvgIpc) is 3.69. The number of aryl methyl sites for hydroxylation is 1. The van der Waals surface area contributed by atoms with Gasteiger partial charge in [0, 0.05) is 62.3 Å². The fraction of sp³-hybridized carbons (Fsp3) is 0.528. The van der Waals surface area contributed by atoms with Crippen LogP contribution in [0.15, 0.2) is 36.5 Å². The minimum atomic E-state index is -0.224. The van der Waals surface area contributed by atoms with Crippen molar-refractivity contribution in [3.05, 3.63) is 59.0 Å². The number of rotatable bonds is 7. The van der Waals surface area contributed by atoms with Crippen LogP contribution >= 0.6 is 0 Å². The molecular formula is C36H45FN6O2. The van der Waals surface area contributed by atoms with Crippen molar-refractivity contribution < 1.29 is 14.0 Å². The Hall–Kier alpha value is -3.72. The first-order valence-electron chi connectivity index (χ1n) is 16.8. The van der Waals surface area contributed by atoms with E-state index in [2.05, 4.69) is 31.4 Å². The molecule has 3 aliphatic rings. The summed E-state index contributed by atoms with van der Waals surface area (Å²) < 4.78 is 19.4. The monoisotopic (exact) mass is 612 g/mol. The van der Waals surface area contributed by atoms with Crippen molar-refractivity contribution in [1.82, 2.24) is 24.0 Å². The van der Waals surface area contributed by atoms with Crippen molar-refractivity contribution in [2.75, 3.05) is 26.2 Å². The second kappa shape index (κ2) is 11.9. The SMILES string of the molecule is Cc1c(-c2cc3cc(F)cc(C4CCN(C(=O)CC(C)C)CC4)c3n2CC2CC2)nn2cc(C(=O)N3CCC[C@@H](N)C3)ccc12. The van der Waals surface area contributed by atoms with Crippen LogP contribution < -0.4 is 5.73 Å². The molecule has 45 heavy (non-hydrogen) atoms.